The monoisotopic (exact) mass is 407 g/mol. The summed E-state index contributed by atoms with van der Waals surface area (Å²) < 4.78 is 2.98. The van der Waals surface area contributed by atoms with Gasteiger partial charge in [0.05, 0.1) is 16.9 Å². The predicted octanol–water partition coefficient (Wildman–Crippen LogP) is 4.04. The highest BCUT2D eigenvalue weighted by Gasteiger charge is 2.34. The van der Waals surface area contributed by atoms with Crippen LogP contribution in [0.15, 0.2) is 83.8 Å². The first-order valence-electron chi connectivity index (χ1n) is 10.5. The molecule has 2 aromatic carbocycles. The van der Waals surface area contributed by atoms with E-state index in [1.807, 2.05) is 48.5 Å². The quantitative estimate of drug-likeness (QED) is 0.490. The first kappa shape index (κ1) is 18.0. The molecule has 0 bridgehead atoms. The minimum absolute atomic E-state index is 0.161. The van der Waals surface area contributed by atoms with Crippen LogP contribution in [0.2, 0.25) is 0 Å². The van der Waals surface area contributed by atoms with Crippen molar-refractivity contribution in [2.45, 2.75) is 24.8 Å². The van der Waals surface area contributed by atoms with Crippen LogP contribution >= 0.6 is 0 Å². The number of benzene rings is 2. The van der Waals surface area contributed by atoms with Crippen LogP contribution in [0.4, 0.5) is 0 Å². The molecule has 6 rings (SSSR count). The van der Waals surface area contributed by atoms with Crippen LogP contribution in [0.3, 0.4) is 0 Å². The highest BCUT2D eigenvalue weighted by Crippen LogP contribution is 2.39. The zero-order chi connectivity index (χ0) is 21.0. The number of hydrogen-bond donors (Lipinski definition) is 1. The number of rotatable bonds is 3. The third-order valence-electron chi connectivity index (χ3n) is 6.36. The maximum absolute atomic E-state index is 12.8. The van der Waals surface area contributed by atoms with E-state index in [4.69, 9.17) is 10.7 Å². The van der Waals surface area contributed by atoms with Gasteiger partial charge in [0.1, 0.15) is 0 Å². The van der Waals surface area contributed by atoms with Crippen molar-refractivity contribution in [2.24, 2.45) is 5.73 Å². The fraction of sp³-hybridized carbons (Fsp3) is 0.160. The average Bonchev–Trinajstić information content (AvgIpc) is 3.14. The zero-order valence-electron chi connectivity index (χ0n) is 16.9. The van der Waals surface area contributed by atoms with E-state index in [2.05, 4.69) is 29.4 Å². The molecule has 1 fully saturated rings. The summed E-state index contributed by atoms with van der Waals surface area (Å²) >= 11 is 0. The third kappa shape index (κ3) is 2.79. The van der Waals surface area contributed by atoms with Gasteiger partial charge >= 0.3 is 5.69 Å². The van der Waals surface area contributed by atoms with Crippen LogP contribution < -0.4 is 11.4 Å². The number of para-hydroxylation sites is 1. The highest BCUT2D eigenvalue weighted by atomic mass is 16.2. The van der Waals surface area contributed by atoms with Gasteiger partial charge in [-0.2, -0.15) is 4.68 Å². The number of nitrogens with zero attached hydrogens (tertiary/aromatic N) is 4. The van der Waals surface area contributed by atoms with Gasteiger partial charge in [0.25, 0.3) is 0 Å². The molecule has 2 N–H and O–H groups in total. The SMILES string of the molecule is NC1(c2ccc(-c3ccc4c(ccn5c(=O)n(-c6ccccc6)nc45)n3)cc2)CCC1. The summed E-state index contributed by atoms with van der Waals surface area (Å²) in [6, 6.07) is 23.7. The Morgan fingerprint density at radius 3 is 2.39 bits per heavy atom. The maximum atomic E-state index is 12.8. The van der Waals surface area contributed by atoms with Gasteiger partial charge in [-0.3, -0.25) is 0 Å². The van der Waals surface area contributed by atoms with Crippen molar-refractivity contribution in [3.63, 3.8) is 0 Å². The summed E-state index contributed by atoms with van der Waals surface area (Å²) in [5, 5.41) is 5.42. The lowest BCUT2D eigenvalue weighted by atomic mass is 9.72. The molecule has 0 radical (unpaired) electrons. The van der Waals surface area contributed by atoms with Gasteiger partial charge in [-0.15, -0.1) is 5.10 Å². The molecule has 0 aliphatic heterocycles. The van der Waals surface area contributed by atoms with E-state index in [1.165, 1.54) is 16.7 Å². The van der Waals surface area contributed by atoms with Crippen LogP contribution in [0.5, 0.6) is 0 Å². The summed E-state index contributed by atoms with van der Waals surface area (Å²) in [7, 11) is 0. The van der Waals surface area contributed by atoms with Crippen LogP contribution in [-0.4, -0.2) is 19.2 Å². The molecule has 6 nitrogen and oxygen atoms in total. The Bertz CT molecular complexity index is 1480. The summed E-state index contributed by atoms with van der Waals surface area (Å²) in [5.41, 5.74) is 11.3. The topological polar surface area (TPSA) is 78.2 Å². The number of pyridine rings is 2. The van der Waals surface area contributed by atoms with Gasteiger partial charge < -0.3 is 5.73 Å². The highest BCUT2D eigenvalue weighted by molar-refractivity contribution is 5.92. The Morgan fingerprint density at radius 2 is 1.68 bits per heavy atom. The van der Waals surface area contributed by atoms with Gasteiger partial charge in [-0.25, -0.2) is 14.2 Å². The average molecular weight is 407 g/mol. The molecular formula is C25H21N5O. The van der Waals surface area contributed by atoms with Gasteiger partial charge in [0.15, 0.2) is 5.65 Å². The van der Waals surface area contributed by atoms with Crippen molar-refractivity contribution in [3.8, 4) is 16.9 Å². The second-order valence-corrected chi connectivity index (χ2v) is 8.26. The summed E-state index contributed by atoms with van der Waals surface area (Å²) in [6.07, 6.45) is 5.03. The Balaban J connectivity index is 1.43. The summed E-state index contributed by atoms with van der Waals surface area (Å²) in [6.45, 7) is 0. The molecule has 0 saturated heterocycles. The van der Waals surface area contributed by atoms with E-state index in [0.29, 0.717) is 5.65 Å². The van der Waals surface area contributed by atoms with E-state index in [-0.39, 0.29) is 11.2 Å². The molecule has 1 saturated carbocycles. The molecule has 0 spiro atoms. The number of aromatic nitrogens is 4. The number of fused-ring (bicyclic) bond motifs is 3. The van der Waals surface area contributed by atoms with Crippen LogP contribution in [0, 0.1) is 0 Å². The molecule has 0 atom stereocenters. The lowest BCUT2D eigenvalue weighted by molar-refractivity contribution is 0.253. The van der Waals surface area contributed by atoms with Crippen molar-refractivity contribution in [2.75, 3.05) is 0 Å². The Hall–Kier alpha value is -3.77. The Kier molecular flexibility index (Phi) is 3.85. The zero-order valence-corrected chi connectivity index (χ0v) is 16.9. The van der Waals surface area contributed by atoms with Gasteiger partial charge in [-0.05, 0) is 55.2 Å². The smallest absolute Gasteiger partial charge is 0.321 e. The van der Waals surface area contributed by atoms with E-state index in [9.17, 15) is 4.79 Å². The van der Waals surface area contributed by atoms with E-state index in [1.54, 1.807) is 10.6 Å². The standard InChI is InChI=1S/C25H21N5O/c26-25(14-4-15-25)18-9-7-17(8-10-18)21-12-11-20-22(27-21)13-16-29-23(20)28-30(24(29)31)19-5-2-1-3-6-19/h1-3,5-13,16H,4,14-15,26H2. The van der Waals surface area contributed by atoms with Crippen LogP contribution in [0.1, 0.15) is 24.8 Å². The molecule has 0 amide bonds. The van der Waals surface area contributed by atoms with Crippen molar-refractivity contribution < 1.29 is 0 Å². The Labute approximate surface area is 178 Å². The number of hydrogen-bond acceptors (Lipinski definition) is 4. The molecule has 1 aliphatic rings. The van der Waals surface area contributed by atoms with E-state index < -0.39 is 0 Å². The maximum Gasteiger partial charge on any atom is 0.355 e. The van der Waals surface area contributed by atoms with Crippen molar-refractivity contribution in [3.05, 3.63) is 95.0 Å². The van der Waals surface area contributed by atoms with Gasteiger partial charge in [0, 0.05) is 22.7 Å². The normalized spacial score (nSPS) is 15.3. The molecule has 5 aromatic rings. The van der Waals surface area contributed by atoms with E-state index >= 15 is 0 Å². The molecule has 152 valence electrons. The molecule has 3 heterocycles. The molecule has 6 heteroatoms. The van der Waals surface area contributed by atoms with Crippen molar-refractivity contribution >= 4 is 16.6 Å². The first-order chi connectivity index (χ1) is 15.1. The fourth-order valence-electron chi connectivity index (χ4n) is 4.35. The first-order valence-corrected chi connectivity index (χ1v) is 10.5. The minimum atomic E-state index is -0.200. The lowest BCUT2D eigenvalue weighted by Crippen LogP contribution is -2.43. The molecule has 31 heavy (non-hydrogen) atoms. The Morgan fingerprint density at radius 1 is 0.903 bits per heavy atom. The molecule has 0 unspecified atom stereocenters. The van der Waals surface area contributed by atoms with Crippen LogP contribution in [0.25, 0.3) is 33.5 Å². The lowest BCUT2D eigenvalue weighted by Gasteiger charge is -2.38. The second-order valence-electron chi connectivity index (χ2n) is 8.26. The third-order valence-corrected chi connectivity index (χ3v) is 6.36. The molecule has 1 aliphatic carbocycles. The minimum Gasteiger partial charge on any atom is -0.321 e. The van der Waals surface area contributed by atoms with Gasteiger partial charge in [0.2, 0.25) is 0 Å². The molecule has 3 aromatic heterocycles. The van der Waals surface area contributed by atoms with Crippen LogP contribution in [-0.2, 0) is 5.54 Å². The largest absolute Gasteiger partial charge is 0.355 e. The predicted molar refractivity (Wildman–Crippen MR) is 121 cm³/mol. The summed E-state index contributed by atoms with van der Waals surface area (Å²) in [4.78, 5) is 17.7. The van der Waals surface area contributed by atoms with E-state index in [0.717, 1.165) is 40.7 Å². The molecular weight excluding hydrogens is 386 g/mol. The van der Waals surface area contributed by atoms with Crippen molar-refractivity contribution in [1.29, 1.82) is 0 Å². The number of nitrogens with two attached hydrogens (primary N) is 1. The fourth-order valence-corrected chi connectivity index (χ4v) is 4.35. The second kappa shape index (κ2) is 6.62. The van der Waals surface area contributed by atoms with Crippen molar-refractivity contribution in [1.82, 2.24) is 19.2 Å². The summed E-state index contributed by atoms with van der Waals surface area (Å²) in [5.74, 6) is 0. The van der Waals surface area contributed by atoms with Gasteiger partial charge in [-0.1, -0.05) is 42.5 Å².